The third kappa shape index (κ3) is 2.61. The zero-order valence-corrected chi connectivity index (χ0v) is 11.0. The number of rotatable bonds is 1. The van der Waals surface area contributed by atoms with Crippen LogP contribution < -0.4 is 10.6 Å². The molecular formula is C11H18ClN5. The van der Waals surface area contributed by atoms with Crippen LogP contribution in [0.1, 0.15) is 13.3 Å². The molecule has 1 aliphatic heterocycles. The van der Waals surface area contributed by atoms with Gasteiger partial charge in [0.25, 0.3) is 0 Å². The molecule has 0 amide bonds. The van der Waals surface area contributed by atoms with E-state index in [0.717, 1.165) is 31.9 Å². The van der Waals surface area contributed by atoms with Crippen molar-refractivity contribution in [3.05, 3.63) is 11.3 Å². The van der Waals surface area contributed by atoms with Crippen LogP contribution in [0.15, 0.2) is 6.33 Å². The van der Waals surface area contributed by atoms with Crippen LogP contribution in [0, 0.1) is 0 Å². The standard InChI is InChI=1S/C11H18ClN5/c1-8-6-16(2)4-3-5-17(8)11-9(12)10(13)14-7-15-11/h7-8H,3-6H2,1-2H3,(H2,13,14,15). The lowest BCUT2D eigenvalue weighted by molar-refractivity contribution is 0.337. The fourth-order valence-electron chi connectivity index (χ4n) is 2.26. The molecule has 0 radical (unpaired) electrons. The zero-order valence-electron chi connectivity index (χ0n) is 10.2. The summed E-state index contributed by atoms with van der Waals surface area (Å²) in [6.07, 6.45) is 2.57. The number of likely N-dealkylation sites (N-methyl/N-ethyl adjacent to an activating group) is 1. The number of aromatic nitrogens is 2. The Kier molecular flexibility index (Phi) is 3.69. The van der Waals surface area contributed by atoms with Gasteiger partial charge in [0.15, 0.2) is 5.82 Å². The van der Waals surface area contributed by atoms with Crippen molar-refractivity contribution in [2.45, 2.75) is 19.4 Å². The molecular weight excluding hydrogens is 238 g/mol. The second-order valence-electron chi connectivity index (χ2n) is 4.55. The lowest BCUT2D eigenvalue weighted by atomic mass is 10.2. The first-order valence-corrected chi connectivity index (χ1v) is 6.18. The Bertz CT molecular complexity index is 397. The molecule has 6 heteroatoms. The summed E-state index contributed by atoms with van der Waals surface area (Å²) < 4.78 is 0. The van der Waals surface area contributed by atoms with Crippen LogP contribution in [0.3, 0.4) is 0 Å². The number of hydrogen-bond acceptors (Lipinski definition) is 5. The van der Waals surface area contributed by atoms with E-state index in [4.69, 9.17) is 17.3 Å². The van der Waals surface area contributed by atoms with Crippen molar-refractivity contribution in [1.82, 2.24) is 14.9 Å². The molecule has 1 fully saturated rings. The maximum absolute atomic E-state index is 6.18. The van der Waals surface area contributed by atoms with Gasteiger partial charge in [-0.25, -0.2) is 9.97 Å². The van der Waals surface area contributed by atoms with Gasteiger partial charge in [-0.1, -0.05) is 11.6 Å². The van der Waals surface area contributed by atoms with Crippen LogP contribution in [0.25, 0.3) is 0 Å². The summed E-state index contributed by atoms with van der Waals surface area (Å²) >= 11 is 6.18. The topological polar surface area (TPSA) is 58.3 Å². The highest BCUT2D eigenvalue weighted by Crippen LogP contribution is 2.29. The van der Waals surface area contributed by atoms with Gasteiger partial charge >= 0.3 is 0 Å². The van der Waals surface area contributed by atoms with Gasteiger partial charge in [-0.05, 0) is 26.9 Å². The Morgan fingerprint density at radius 1 is 1.41 bits per heavy atom. The van der Waals surface area contributed by atoms with Crippen LogP contribution >= 0.6 is 11.6 Å². The Balaban J connectivity index is 2.28. The number of halogens is 1. The Labute approximate surface area is 107 Å². The second kappa shape index (κ2) is 5.06. The van der Waals surface area contributed by atoms with E-state index in [9.17, 15) is 0 Å². The smallest absolute Gasteiger partial charge is 0.153 e. The van der Waals surface area contributed by atoms with Gasteiger partial charge in [0.1, 0.15) is 17.2 Å². The van der Waals surface area contributed by atoms with Crippen LogP contribution in [-0.4, -0.2) is 47.6 Å². The SMILES string of the molecule is CC1CN(C)CCCN1c1ncnc(N)c1Cl. The maximum atomic E-state index is 6.18. The quantitative estimate of drug-likeness (QED) is 0.818. The summed E-state index contributed by atoms with van der Waals surface area (Å²) in [5.41, 5.74) is 5.72. The van der Waals surface area contributed by atoms with Crippen LogP contribution in [0.5, 0.6) is 0 Å². The normalized spacial score (nSPS) is 22.5. The molecule has 0 spiro atoms. The predicted molar refractivity (Wildman–Crippen MR) is 70.4 cm³/mol. The molecule has 1 aromatic rings. The molecule has 5 nitrogen and oxygen atoms in total. The van der Waals surface area contributed by atoms with E-state index in [1.807, 2.05) is 0 Å². The van der Waals surface area contributed by atoms with Crippen LogP contribution in [-0.2, 0) is 0 Å². The minimum atomic E-state index is 0.349. The molecule has 2 N–H and O–H groups in total. The summed E-state index contributed by atoms with van der Waals surface area (Å²) in [5.74, 6) is 1.10. The number of nitrogens with two attached hydrogens (primary N) is 1. The van der Waals surface area contributed by atoms with E-state index < -0.39 is 0 Å². The number of hydrogen-bond donors (Lipinski definition) is 1. The first kappa shape index (κ1) is 12.4. The maximum Gasteiger partial charge on any atom is 0.153 e. The molecule has 1 aromatic heterocycles. The van der Waals surface area contributed by atoms with Gasteiger partial charge in [0.05, 0.1) is 0 Å². The Morgan fingerprint density at radius 3 is 2.94 bits per heavy atom. The molecule has 0 aromatic carbocycles. The number of nitrogens with zero attached hydrogens (tertiary/aromatic N) is 4. The average molecular weight is 256 g/mol. The summed E-state index contributed by atoms with van der Waals surface area (Å²) in [5, 5.41) is 0.462. The van der Waals surface area contributed by atoms with Crippen molar-refractivity contribution in [3.63, 3.8) is 0 Å². The van der Waals surface area contributed by atoms with Crippen molar-refractivity contribution in [3.8, 4) is 0 Å². The molecule has 1 aliphatic rings. The van der Waals surface area contributed by atoms with E-state index in [1.165, 1.54) is 6.33 Å². The lowest BCUT2D eigenvalue weighted by Crippen LogP contribution is -2.38. The highest BCUT2D eigenvalue weighted by Gasteiger charge is 2.23. The molecule has 1 saturated heterocycles. The molecule has 1 atom stereocenters. The van der Waals surface area contributed by atoms with Gasteiger partial charge in [0, 0.05) is 19.1 Å². The fraction of sp³-hybridized carbons (Fsp3) is 0.636. The lowest BCUT2D eigenvalue weighted by Gasteiger charge is -2.29. The van der Waals surface area contributed by atoms with E-state index in [1.54, 1.807) is 0 Å². The average Bonchev–Trinajstić information content (AvgIpc) is 2.44. The van der Waals surface area contributed by atoms with E-state index in [0.29, 0.717) is 16.9 Å². The number of anilines is 2. The summed E-state index contributed by atoms with van der Waals surface area (Å²) in [4.78, 5) is 12.7. The van der Waals surface area contributed by atoms with E-state index in [2.05, 4.69) is 33.7 Å². The van der Waals surface area contributed by atoms with Crippen molar-refractivity contribution >= 4 is 23.2 Å². The minimum absolute atomic E-state index is 0.349. The molecule has 17 heavy (non-hydrogen) atoms. The monoisotopic (exact) mass is 255 g/mol. The van der Waals surface area contributed by atoms with Gasteiger partial charge in [-0.2, -0.15) is 0 Å². The first-order valence-electron chi connectivity index (χ1n) is 5.80. The summed E-state index contributed by atoms with van der Waals surface area (Å²) in [7, 11) is 2.13. The van der Waals surface area contributed by atoms with E-state index in [-0.39, 0.29) is 0 Å². The van der Waals surface area contributed by atoms with E-state index >= 15 is 0 Å². The zero-order chi connectivity index (χ0) is 12.4. The van der Waals surface area contributed by atoms with Crippen LogP contribution in [0.2, 0.25) is 5.02 Å². The minimum Gasteiger partial charge on any atom is -0.382 e. The van der Waals surface area contributed by atoms with Gasteiger partial charge in [0.2, 0.25) is 0 Å². The van der Waals surface area contributed by atoms with Crippen LogP contribution in [0.4, 0.5) is 11.6 Å². The molecule has 2 heterocycles. The molecule has 1 unspecified atom stereocenters. The molecule has 0 aliphatic carbocycles. The van der Waals surface area contributed by atoms with Gasteiger partial charge < -0.3 is 15.5 Å². The van der Waals surface area contributed by atoms with Crippen molar-refractivity contribution in [2.75, 3.05) is 37.3 Å². The van der Waals surface area contributed by atoms with Crippen molar-refractivity contribution < 1.29 is 0 Å². The van der Waals surface area contributed by atoms with Gasteiger partial charge in [-0.15, -0.1) is 0 Å². The molecule has 0 saturated carbocycles. The Morgan fingerprint density at radius 2 is 2.18 bits per heavy atom. The predicted octanol–water partition coefficient (Wildman–Crippen LogP) is 1.24. The molecule has 2 rings (SSSR count). The largest absolute Gasteiger partial charge is 0.382 e. The third-order valence-electron chi connectivity index (χ3n) is 3.12. The van der Waals surface area contributed by atoms with Crippen molar-refractivity contribution in [1.29, 1.82) is 0 Å². The number of nitrogen functional groups attached to an aromatic ring is 1. The summed E-state index contributed by atoms with van der Waals surface area (Å²) in [6.45, 7) is 5.22. The molecule has 0 bridgehead atoms. The van der Waals surface area contributed by atoms with Crippen molar-refractivity contribution in [2.24, 2.45) is 0 Å². The third-order valence-corrected chi connectivity index (χ3v) is 3.48. The Hall–Kier alpha value is -1.07. The fourth-order valence-corrected chi connectivity index (χ4v) is 2.47. The first-order chi connectivity index (χ1) is 8.09. The van der Waals surface area contributed by atoms with Gasteiger partial charge in [-0.3, -0.25) is 0 Å². The summed E-state index contributed by atoms with van der Waals surface area (Å²) in [6, 6.07) is 0.370. The highest BCUT2D eigenvalue weighted by atomic mass is 35.5. The highest BCUT2D eigenvalue weighted by molar-refractivity contribution is 6.35. The molecule has 94 valence electrons. The second-order valence-corrected chi connectivity index (χ2v) is 4.93.